The average Bonchev–Trinajstić information content (AvgIpc) is 2.28. The Morgan fingerprint density at radius 1 is 1.47 bits per heavy atom. The summed E-state index contributed by atoms with van der Waals surface area (Å²) in [5, 5.41) is 12.8. The number of anilines is 2. The molecular weight excluding hydrogens is 216 g/mol. The minimum atomic E-state index is -0.182. The van der Waals surface area contributed by atoms with Gasteiger partial charge in [0.25, 0.3) is 0 Å². The third kappa shape index (κ3) is 2.31. The Hall–Kier alpha value is -1.42. The van der Waals surface area contributed by atoms with Gasteiger partial charge in [-0.3, -0.25) is 0 Å². The molecule has 94 valence electrons. The van der Waals surface area contributed by atoms with E-state index < -0.39 is 0 Å². The molecule has 0 unspecified atom stereocenters. The molecule has 0 aliphatic heterocycles. The summed E-state index contributed by atoms with van der Waals surface area (Å²) in [7, 11) is 0. The first kappa shape index (κ1) is 12.0. The van der Waals surface area contributed by atoms with Gasteiger partial charge in [-0.1, -0.05) is 6.07 Å². The average molecular weight is 236 g/mol. The van der Waals surface area contributed by atoms with E-state index in [4.69, 9.17) is 10.5 Å². The second kappa shape index (κ2) is 4.84. The van der Waals surface area contributed by atoms with Crippen LogP contribution >= 0.6 is 0 Å². The monoisotopic (exact) mass is 236 g/mol. The topological polar surface area (TPSA) is 67.5 Å². The number of aliphatic hydroxyl groups excluding tert-OH is 1. The zero-order valence-electron chi connectivity index (χ0n) is 10.2. The van der Waals surface area contributed by atoms with Gasteiger partial charge in [0.05, 0.1) is 30.1 Å². The summed E-state index contributed by atoms with van der Waals surface area (Å²) in [6, 6.07) is 5.69. The molecule has 0 radical (unpaired) electrons. The number of hydrogen-bond acceptors (Lipinski definition) is 4. The van der Waals surface area contributed by atoms with Crippen LogP contribution in [0.15, 0.2) is 18.2 Å². The van der Waals surface area contributed by atoms with Gasteiger partial charge in [-0.2, -0.15) is 0 Å². The van der Waals surface area contributed by atoms with Crippen LogP contribution in [0.25, 0.3) is 0 Å². The molecule has 1 aliphatic carbocycles. The summed E-state index contributed by atoms with van der Waals surface area (Å²) in [5.41, 5.74) is 7.33. The maximum absolute atomic E-state index is 9.43. The van der Waals surface area contributed by atoms with Crippen LogP contribution in [0.4, 0.5) is 11.4 Å². The summed E-state index contributed by atoms with van der Waals surface area (Å²) in [6.45, 7) is 2.67. The van der Waals surface area contributed by atoms with Crippen molar-refractivity contribution in [1.82, 2.24) is 0 Å². The molecule has 1 saturated carbocycles. The number of nitrogen functional groups attached to an aromatic ring is 1. The first-order chi connectivity index (χ1) is 8.21. The summed E-state index contributed by atoms with van der Waals surface area (Å²) >= 11 is 0. The molecule has 0 bridgehead atoms. The third-order valence-electron chi connectivity index (χ3n) is 3.38. The van der Waals surface area contributed by atoms with Crippen LogP contribution in [0.2, 0.25) is 0 Å². The smallest absolute Gasteiger partial charge is 0.144 e. The first-order valence-electron chi connectivity index (χ1n) is 6.11. The van der Waals surface area contributed by atoms with E-state index in [1.807, 2.05) is 25.1 Å². The summed E-state index contributed by atoms with van der Waals surface area (Å²) in [6.07, 6.45) is 3.13. The van der Waals surface area contributed by atoms with Crippen molar-refractivity contribution in [3.8, 4) is 5.75 Å². The Labute approximate surface area is 102 Å². The van der Waals surface area contributed by atoms with Gasteiger partial charge in [-0.25, -0.2) is 0 Å². The quantitative estimate of drug-likeness (QED) is 0.684. The molecule has 2 rings (SSSR count). The van der Waals surface area contributed by atoms with E-state index in [9.17, 15) is 5.11 Å². The highest BCUT2D eigenvalue weighted by atomic mass is 16.5. The van der Waals surface area contributed by atoms with Gasteiger partial charge >= 0.3 is 0 Å². The SMILES string of the molecule is CCOc1cccc(NC2(CO)CCC2)c1N. The number of para-hydroxylation sites is 1. The lowest BCUT2D eigenvalue weighted by Gasteiger charge is -2.42. The lowest BCUT2D eigenvalue weighted by molar-refractivity contribution is 0.144. The van der Waals surface area contributed by atoms with Crippen molar-refractivity contribution in [2.24, 2.45) is 0 Å². The van der Waals surface area contributed by atoms with Crippen molar-refractivity contribution >= 4 is 11.4 Å². The second-order valence-electron chi connectivity index (χ2n) is 4.57. The molecule has 0 saturated heterocycles. The molecule has 4 N–H and O–H groups in total. The van der Waals surface area contributed by atoms with E-state index in [2.05, 4.69) is 5.32 Å². The van der Waals surface area contributed by atoms with Gasteiger partial charge in [0.2, 0.25) is 0 Å². The standard InChI is InChI=1S/C13H20N2O2/c1-2-17-11-6-3-5-10(12(11)14)15-13(9-16)7-4-8-13/h3,5-6,15-16H,2,4,7-9,14H2,1H3. The van der Waals surface area contributed by atoms with Gasteiger partial charge < -0.3 is 20.9 Å². The number of benzene rings is 1. The van der Waals surface area contributed by atoms with Crippen LogP contribution in [0.5, 0.6) is 5.75 Å². The minimum Gasteiger partial charge on any atom is -0.492 e. The fraction of sp³-hybridized carbons (Fsp3) is 0.538. The van der Waals surface area contributed by atoms with Crippen LogP contribution < -0.4 is 15.8 Å². The van der Waals surface area contributed by atoms with Gasteiger partial charge in [0.15, 0.2) is 0 Å². The van der Waals surface area contributed by atoms with Crippen LogP contribution in [0, 0.1) is 0 Å². The number of ether oxygens (including phenoxy) is 1. The maximum Gasteiger partial charge on any atom is 0.144 e. The summed E-state index contributed by atoms with van der Waals surface area (Å²) in [5.74, 6) is 0.699. The fourth-order valence-electron chi connectivity index (χ4n) is 2.15. The molecule has 0 amide bonds. The van der Waals surface area contributed by atoms with Crippen molar-refractivity contribution < 1.29 is 9.84 Å². The zero-order chi connectivity index (χ0) is 12.3. The van der Waals surface area contributed by atoms with Crippen LogP contribution in [-0.4, -0.2) is 23.9 Å². The van der Waals surface area contributed by atoms with E-state index in [1.165, 1.54) is 0 Å². The largest absolute Gasteiger partial charge is 0.492 e. The third-order valence-corrected chi connectivity index (χ3v) is 3.38. The number of aliphatic hydroxyl groups is 1. The van der Waals surface area contributed by atoms with Crippen LogP contribution in [-0.2, 0) is 0 Å². The van der Waals surface area contributed by atoms with E-state index in [0.29, 0.717) is 18.0 Å². The van der Waals surface area contributed by atoms with Crippen molar-refractivity contribution in [3.63, 3.8) is 0 Å². The Kier molecular flexibility index (Phi) is 3.43. The van der Waals surface area contributed by atoms with E-state index in [1.54, 1.807) is 0 Å². The van der Waals surface area contributed by atoms with Gasteiger partial charge in [0.1, 0.15) is 5.75 Å². The van der Waals surface area contributed by atoms with Crippen LogP contribution in [0.1, 0.15) is 26.2 Å². The minimum absolute atomic E-state index is 0.144. The number of rotatable bonds is 5. The Bertz CT molecular complexity index is 383. The number of hydrogen-bond donors (Lipinski definition) is 3. The van der Waals surface area contributed by atoms with E-state index >= 15 is 0 Å². The summed E-state index contributed by atoms with van der Waals surface area (Å²) in [4.78, 5) is 0. The molecule has 17 heavy (non-hydrogen) atoms. The molecule has 0 atom stereocenters. The molecule has 1 aromatic rings. The highest BCUT2D eigenvalue weighted by Gasteiger charge is 2.36. The second-order valence-corrected chi connectivity index (χ2v) is 4.57. The van der Waals surface area contributed by atoms with Crippen molar-refractivity contribution in [1.29, 1.82) is 0 Å². The normalized spacial score (nSPS) is 17.3. The lowest BCUT2D eigenvalue weighted by Crippen LogP contribution is -2.48. The number of nitrogens with two attached hydrogens (primary N) is 1. The van der Waals surface area contributed by atoms with E-state index in [-0.39, 0.29) is 12.1 Å². The molecule has 0 aromatic heterocycles. The van der Waals surface area contributed by atoms with Crippen molar-refractivity contribution in [3.05, 3.63) is 18.2 Å². The molecular formula is C13H20N2O2. The van der Waals surface area contributed by atoms with Crippen LogP contribution in [0.3, 0.4) is 0 Å². The molecule has 1 fully saturated rings. The molecule has 4 heteroatoms. The summed E-state index contributed by atoms with van der Waals surface area (Å²) < 4.78 is 5.45. The molecule has 0 spiro atoms. The molecule has 1 aliphatic rings. The maximum atomic E-state index is 9.43. The first-order valence-corrected chi connectivity index (χ1v) is 6.11. The van der Waals surface area contributed by atoms with Crippen molar-refractivity contribution in [2.75, 3.05) is 24.3 Å². The molecule has 4 nitrogen and oxygen atoms in total. The van der Waals surface area contributed by atoms with Gasteiger partial charge in [-0.05, 0) is 38.3 Å². The van der Waals surface area contributed by atoms with E-state index in [0.717, 1.165) is 24.9 Å². The zero-order valence-corrected chi connectivity index (χ0v) is 10.2. The Morgan fingerprint density at radius 3 is 2.76 bits per heavy atom. The van der Waals surface area contributed by atoms with Gasteiger partial charge in [-0.15, -0.1) is 0 Å². The molecule has 1 aromatic carbocycles. The Balaban J connectivity index is 2.18. The predicted molar refractivity (Wildman–Crippen MR) is 69.3 cm³/mol. The molecule has 0 heterocycles. The predicted octanol–water partition coefficient (Wildman–Crippen LogP) is 1.99. The Morgan fingerprint density at radius 2 is 2.24 bits per heavy atom. The fourth-order valence-corrected chi connectivity index (χ4v) is 2.15. The number of nitrogens with one attached hydrogen (secondary N) is 1. The lowest BCUT2D eigenvalue weighted by atomic mass is 9.77. The highest BCUT2D eigenvalue weighted by molar-refractivity contribution is 5.73. The van der Waals surface area contributed by atoms with Crippen molar-refractivity contribution in [2.45, 2.75) is 31.7 Å². The van der Waals surface area contributed by atoms with Gasteiger partial charge in [0, 0.05) is 0 Å². The highest BCUT2D eigenvalue weighted by Crippen LogP contribution is 2.38.